The Hall–Kier alpha value is -2.04. The molecule has 16 heavy (non-hydrogen) atoms. The summed E-state index contributed by atoms with van der Waals surface area (Å²) in [5, 5.41) is 3.95. The first-order valence-corrected chi connectivity index (χ1v) is 5.00. The molecule has 0 bridgehead atoms. The van der Waals surface area contributed by atoms with Crippen molar-refractivity contribution >= 4 is 5.95 Å². The lowest BCUT2D eigenvalue weighted by Gasteiger charge is -2.07. The predicted octanol–water partition coefficient (Wildman–Crippen LogP) is 1.28. The fourth-order valence-electron chi connectivity index (χ4n) is 1.42. The van der Waals surface area contributed by atoms with Gasteiger partial charge in [-0.15, -0.1) is 5.10 Å². The highest BCUT2D eigenvalue weighted by atomic mass is 16.5. The summed E-state index contributed by atoms with van der Waals surface area (Å²) in [7, 11) is 1.79. The van der Waals surface area contributed by atoms with E-state index in [2.05, 4.69) is 10.1 Å². The Labute approximate surface area is 93.9 Å². The molecule has 1 heterocycles. The molecule has 5 heteroatoms. The highest BCUT2D eigenvalue weighted by molar-refractivity contribution is 5.31. The quantitative estimate of drug-likeness (QED) is 0.842. The molecule has 0 aliphatic rings. The van der Waals surface area contributed by atoms with E-state index < -0.39 is 0 Å². The number of rotatable bonds is 3. The topological polar surface area (TPSA) is 66.0 Å². The zero-order valence-corrected chi connectivity index (χ0v) is 9.34. The van der Waals surface area contributed by atoms with Crippen LogP contribution in [0.5, 0.6) is 5.75 Å². The standard InChI is InChI=1S/C11H14N4O/c1-8-5-3-4-6-9(8)16-7-10-13-11(12)14-15(10)2/h3-6H,7H2,1-2H3,(H2,12,14). The second kappa shape index (κ2) is 4.22. The Balaban J connectivity index is 2.08. The number of nitrogens with two attached hydrogens (primary N) is 1. The van der Waals surface area contributed by atoms with Gasteiger partial charge < -0.3 is 10.5 Å². The number of aromatic nitrogens is 3. The third kappa shape index (κ3) is 2.13. The van der Waals surface area contributed by atoms with Gasteiger partial charge in [-0.3, -0.25) is 0 Å². The van der Waals surface area contributed by atoms with Crippen molar-refractivity contribution in [2.75, 3.05) is 5.73 Å². The molecule has 0 fully saturated rings. The number of hydrogen-bond acceptors (Lipinski definition) is 4. The van der Waals surface area contributed by atoms with Crippen LogP contribution < -0.4 is 10.5 Å². The molecule has 0 unspecified atom stereocenters. The third-order valence-corrected chi connectivity index (χ3v) is 2.32. The Morgan fingerprint density at radius 2 is 2.12 bits per heavy atom. The normalized spacial score (nSPS) is 10.4. The molecule has 0 saturated carbocycles. The molecule has 84 valence electrons. The summed E-state index contributed by atoms with van der Waals surface area (Å²) in [5.74, 6) is 1.83. The minimum absolute atomic E-state index is 0.269. The maximum Gasteiger partial charge on any atom is 0.239 e. The zero-order chi connectivity index (χ0) is 11.5. The van der Waals surface area contributed by atoms with Gasteiger partial charge in [-0.2, -0.15) is 4.98 Å². The van der Waals surface area contributed by atoms with Crippen molar-refractivity contribution in [3.8, 4) is 5.75 Å². The smallest absolute Gasteiger partial charge is 0.239 e. The van der Waals surface area contributed by atoms with Crippen molar-refractivity contribution in [3.63, 3.8) is 0 Å². The van der Waals surface area contributed by atoms with Gasteiger partial charge in [-0.1, -0.05) is 18.2 Å². The number of anilines is 1. The van der Waals surface area contributed by atoms with Gasteiger partial charge in [0.15, 0.2) is 5.82 Å². The van der Waals surface area contributed by atoms with Crippen LogP contribution in [0, 0.1) is 6.92 Å². The molecule has 0 radical (unpaired) electrons. The molecule has 1 aromatic heterocycles. The first kappa shape index (κ1) is 10.5. The number of nitrogens with zero attached hydrogens (tertiary/aromatic N) is 3. The Bertz CT molecular complexity index is 492. The average molecular weight is 218 g/mol. The van der Waals surface area contributed by atoms with Crippen LogP contribution in [0.2, 0.25) is 0 Å². The van der Waals surface area contributed by atoms with Gasteiger partial charge >= 0.3 is 0 Å². The molecule has 0 amide bonds. The fraction of sp³-hybridized carbons (Fsp3) is 0.273. The first-order chi connectivity index (χ1) is 7.66. The van der Waals surface area contributed by atoms with Gasteiger partial charge in [0.25, 0.3) is 0 Å². The monoisotopic (exact) mass is 218 g/mol. The minimum Gasteiger partial charge on any atom is -0.485 e. The lowest BCUT2D eigenvalue weighted by molar-refractivity contribution is 0.288. The fourth-order valence-corrected chi connectivity index (χ4v) is 1.42. The minimum atomic E-state index is 0.269. The first-order valence-electron chi connectivity index (χ1n) is 5.00. The second-order valence-corrected chi connectivity index (χ2v) is 3.56. The number of nitrogen functional groups attached to an aromatic ring is 1. The summed E-state index contributed by atoms with van der Waals surface area (Å²) >= 11 is 0. The van der Waals surface area contributed by atoms with Gasteiger partial charge in [-0.05, 0) is 18.6 Å². The van der Waals surface area contributed by atoms with E-state index in [1.807, 2.05) is 31.2 Å². The average Bonchev–Trinajstić information content (AvgIpc) is 2.56. The Morgan fingerprint density at radius 1 is 1.38 bits per heavy atom. The molecule has 0 saturated heterocycles. The van der Waals surface area contributed by atoms with Crippen molar-refractivity contribution in [2.24, 2.45) is 7.05 Å². The van der Waals surface area contributed by atoms with E-state index in [4.69, 9.17) is 10.5 Å². The van der Waals surface area contributed by atoms with Gasteiger partial charge in [0.2, 0.25) is 5.95 Å². The summed E-state index contributed by atoms with van der Waals surface area (Å²) in [6.07, 6.45) is 0. The molecule has 0 spiro atoms. The van der Waals surface area contributed by atoms with E-state index >= 15 is 0 Å². The van der Waals surface area contributed by atoms with Crippen molar-refractivity contribution in [3.05, 3.63) is 35.7 Å². The SMILES string of the molecule is Cc1ccccc1OCc1nc(N)nn1C. The van der Waals surface area contributed by atoms with E-state index in [1.165, 1.54) is 0 Å². The summed E-state index contributed by atoms with van der Waals surface area (Å²) in [5.41, 5.74) is 6.57. The van der Waals surface area contributed by atoms with Crippen molar-refractivity contribution in [2.45, 2.75) is 13.5 Å². The van der Waals surface area contributed by atoms with Crippen LogP contribution in [0.4, 0.5) is 5.95 Å². The number of hydrogen-bond donors (Lipinski definition) is 1. The van der Waals surface area contributed by atoms with Crippen molar-refractivity contribution in [1.29, 1.82) is 0 Å². The zero-order valence-electron chi connectivity index (χ0n) is 9.34. The number of aryl methyl sites for hydroxylation is 2. The highest BCUT2D eigenvalue weighted by Gasteiger charge is 2.05. The van der Waals surface area contributed by atoms with Gasteiger partial charge in [0.1, 0.15) is 12.4 Å². The maximum absolute atomic E-state index is 5.64. The van der Waals surface area contributed by atoms with Gasteiger partial charge in [-0.25, -0.2) is 4.68 Å². The van der Waals surface area contributed by atoms with E-state index in [1.54, 1.807) is 11.7 Å². The number of benzene rings is 1. The molecule has 1 aromatic carbocycles. The van der Waals surface area contributed by atoms with Crippen molar-refractivity contribution < 1.29 is 4.74 Å². The highest BCUT2D eigenvalue weighted by Crippen LogP contribution is 2.17. The molecular formula is C11H14N4O. The van der Waals surface area contributed by atoms with E-state index in [0.29, 0.717) is 12.4 Å². The molecule has 2 aromatic rings. The molecule has 5 nitrogen and oxygen atoms in total. The van der Waals surface area contributed by atoms with Crippen LogP contribution >= 0.6 is 0 Å². The summed E-state index contributed by atoms with van der Waals surface area (Å²) < 4.78 is 7.26. The molecular weight excluding hydrogens is 204 g/mol. The molecule has 0 aliphatic carbocycles. The van der Waals surface area contributed by atoms with Crippen LogP contribution in [0.15, 0.2) is 24.3 Å². The van der Waals surface area contributed by atoms with E-state index in [-0.39, 0.29) is 5.95 Å². The molecule has 0 aliphatic heterocycles. The van der Waals surface area contributed by atoms with Crippen LogP contribution in [0.1, 0.15) is 11.4 Å². The summed E-state index contributed by atoms with van der Waals surface area (Å²) in [6, 6.07) is 7.84. The largest absolute Gasteiger partial charge is 0.485 e. The van der Waals surface area contributed by atoms with Gasteiger partial charge in [0.05, 0.1) is 0 Å². The lowest BCUT2D eigenvalue weighted by atomic mass is 10.2. The summed E-state index contributed by atoms with van der Waals surface area (Å²) in [6.45, 7) is 2.37. The molecule has 2 rings (SSSR count). The lowest BCUT2D eigenvalue weighted by Crippen LogP contribution is -2.04. The Morgan fingerprint density at radius 3 is 2.75 bits per heavy atom. The summed E-state index contributed by atoms with van der Waals surface area (Å²) in [4.78, 5) is 4.06. The second-order valence-electron chi connectivity index (χ2n) is 3.56. The van der Waals surface area contributed by atoms with E-state index in [0.717, 1.165) is 11.3 Å². The predicted molar refractivity (Wildman–Crippen MR) is 60.9 cm³/mol. The number of ether oxygens (including phenoxy) is 1. The van der Waals surface area contributed by atoms with E-state index in [9.17, 15) is 0 Å². The van der Waals surface area contributed by atoms with Gasteiger partial charge in [0, 0.05) is 7.05 Å². The van der Waals surface area contributed by atoms with Crippen LogP contribution in [-0.4, -0.2) is 14.8 Å². The van der Waals surface area contributed by atoms with Crippen LogP contribution in [-0.2, 0) is 13.7 Å². The maximum atomic E-state index is 5.64. The number of para-hydroxylation sites is 1. The third-order valence-electron chi connectivity index (χ3n) is 2.32. The van der Waals surface area contributed by atoms with Crippen molar-refractivity contribution in [1.82, 2.24) is 14.8 Å². The Kier molecular flexibility index (Phi) is 2.76. The van der Waals surface area contributed by atoms with Crippen LogP contribution in [0.3, 0.4) is 0 Å². The molecule has 0 atom stereocenters. The van der Waals surface area contributed by atoms with Crippen LogP contribution in [0.25, 0.3) is 0 Å². The molecule has 2 N–H and O–H groups in total.